The molecule has 0 radical (unpaired) electrons. The van der Waals surface area contributed by atoms with Crippen molar-refractivity contribution in [1.82, 2.24) is 10.3 Å². The monoisotopic (exact) mass is 322 g/mol. The van der Waals surface area contributed by atoms with Gasteiger partial charge in [0, 0.05) is 27.9 Å². The number of nitrogens with zero attached hydrogens (tertiary/aromatic N) is 1. The van der Waals surface area contributed by atoms with Crippen LogP contribution >= 0.6 is 23.4 Å². The van der Waals surface area contributed by atoms with Crippen molar-refractivity contribution in [2.24, 2.45) is 0 Å². The maximum Gasteiger partial charge on any atom is 0.137 e. The van der Waals surface area contributed by atoms with E-state index in [2.05, 4.69) is 23.3 Å². The lowest BCUT2D eigenvalue weighted by atomic mass is 10.1. The van der Waals surface area contributed by atoms with Crippen molar-refractivity contribution in [3.63, 3.8) is 0 Å². The zero-order valence-corrected chi connectivity index (χ0v) is 13.7. The number of halogens is 1. The molecule has 0 saturated heterocycles. The molecule has 1 aromatic heterocycles. The van der Waals surface area contributed by atoms with Crippen LogP contribution in [-0.4, -0.2) is 24.4 Å². The summed E-state index contributed by atoms with van der Waals surface area (Å²) in [5, 5.41) is 4.25. The van der Waals surface area contributed by atoms with Crippen LogP contribution in [0.1, 0.15) is 18.5 Å². The van der Waals surface area contributed by atoms with Crippen LogP contribution in [0.25, 0.3) is 0 Å². The number of aromatic nitrogens is 1. The molecule has 21 heavy (non-hydrogen) atoms. The van der Waals surface area contributed by atoms with E-state index in [0.29, 0.717) is 0 Å². The van der Waals surface area contributed by atoms with Crippen LogP contribution in [0.3, 0.4) is 0 Å². The van der Waals surface area contributed by atoms with Crippen molar-refractivity contribution in [3.05, 3.63) is 53.3 Å². The first kappa shape index (κ1) is 16.1. The van der Waals surface area contributed by atoms with E-state index in [9.17, 15) is 0 Å². The third-order valence-corrected chi connectivity index (χ3v) is 4.36. The second-order valence-corrected chi connectivity index (χ2v) is 6.07. The van der Waals surface area contributed by atoms with E-state index in [1.54, 1.807) is 25.1 Å². The molecule has 0 amide bonds. The highest BCUT2D eigenvalue weighted by Gasteiger charge is 2.12. The molecular formula is C16H19ClN2OS. The number of hydrogen-bond acceptors (Lipinski definition) is 4. The maximum atomic E-state index is 6.02. The Balaban J connectivity index is 2.07. The van der Waals surface area contributed by atoms with E-state index in [1.165, 1.54) is 4.90 Å². The summed E-state index contributed by atoms with van der Waals surface area (Å²) in [5.74, 6) is 1.69. The molecule has 5 heteroatoms. The van der Waals surface area contributed by atoms with Gasteiger partial charge < -0.3 is 10.1 Å². The van der Waals surface area contributed by atoms with Crippen molar-refractivity contribution in [2.45, 2.75) is 17.9 Å². The van der Waals surface area contributed by atoms with Gasteiger partial charge in [0.2, 0.25) is 0 Å². The van der Waals surface area contributed by atoms with E-state index in [0.717, 1.165) is 28.6 Å². The van der Waals surface area contributed by atoms with Crippen molar-refractivity contribution in [2.75, 3.05) is 19.4 Å². The summed E-state index contributed by atoms with van der Waals surface area (Å²) in [6.45, 7) is 3.00. The van der Waals surface area contributed by atoms with Gasteiger partial charge >= 0.3 is 0 Å². The number of thioether (sulfide) groups is 1. The Labute approximate surface area is 135 Å². The first-order chi connectivity index (χ1) is 10.2. The van der Waals surface area contributed by atoms with Gasteiger partial charge in [-0.05, 0) is 36.4 Å². The molecule has 1 N–H and O–H groups in total. The highest BCUT2D eigenvalue weighted by Crippen LogP contribution is 2.27. The second kappa shape index (κ2) is 8.27. The fraction of sp³-hybridized carbons (Fsp3) is 0.312. The third kappa shape index (κ3) is 4.92. The summed E-state index contributed by atoms with van der Waals surface area (Å²) in [6.07, 6.45) is 3.60. The molecule has 1 atom stereocenters. The van der Waals surface area contributed by atoms with Crippen molar-refractivity contribution >= 4 is 23.4 Å². The molecule has 3 nitrogen and oxygen atoms in total. The largest absolute Gasteiger partial charge is 0.495 e. The lowest BCUT2D eigenvalue weighted by molar-refractivity contribution is 0.411. The second-order valence-electron chi connectivity index (χ2n) is 4.54. The van der Waals surface area contributed by atoms with E-state index in [4.69, 9.17) is 16.3 Å². The van der Waals surface area contributed by atoms with E-state index in [1.807, 2.05) is 30.5 Å². The van der Waals surface area contributed by atoms with Gasteiger partial charge in [-0.3, -0.25) is 4.98 Å². The zero-order valence-electron chi connectivity index (χ0n) is 12.2. The minimum Gasteiger partial charge on any atom is -0.495 e. The summed E-state index contributed by atoms with van der Waals surface area (Å²) in [7, 11) is 1.66. The molecule has 1 unspecified atom stereocenters. The standard InChI is InChI=1S/C16H19ClN2OS/c1-3-19-16(12-7-14(20-2)10-18-9-12)11-21-15-6-4-5-13(17)8-15/h4-10,16,19H,3,11H2,1-2H3. The molecule has 0 bridgehead atoms. The summed E-state index contributed by atoms with van der Waals surface area (Å²) < 4.78 is 5.25. The van der Waals surface area contributed by atoms with E-state index in [-0.39, 0.29) is 6.04 Å². The number of rotatable bonds is 7. The van der Waals surface area contributed by atoms with Gasteiger partial charge in [-0.1, -0.05) is 24.6 Å². The van der Waals surface area contributed by atoms with Gasteiger partial charge in [0.25, 0.3) is 0 Å². The number of nitrogens with one attached hydrogen (secondary N) is 1. The predicted molar refractivity (Wildman–Crippen MR) is 89.4 cm³/mol. The summed E-state index contributed by atoms with van der Waals surface area (Å²) in [5.41, 5.74) is 1.13. The van der Waals surface area contributed by atoms with Crippen LogP contribution < -0.4 is 10.1 Å². The highest BCUT2D eigenvalue weighted by atomic mass is 35.5. The quantitative estimate of drug-likeness (QED) is 0.775. The Morgan fingerprint density at radius 1 is 1.33 bits per heavy atom. The fourth-order valence-corrected chi connectivity index (χ4v) is 3.30. The van der Waals surface area contributed by atoms with Crippen LogP contribution in [0.4, 0.5) is 0 Å². The van der Waals surface area contributed by atoms with Crippen molar-refractivity contribution < 1.29 is 4.74 Å². The molecule has 1 heterocycles. The highest BCUT2D eigenvalue weighted by molar-refractivity contribution is 7.99. The molecule has 1 aromatic carbocycles. The van der Waals surface area contributed by atoms with Crippen LogP contribution in [0.5, 0.6) is 5.75 Å². The molecule has 0 fully saturated rings. The third-order valence-electron chi connectivity index (χ3n) is 3.04. The van der Waals surface area contributed by atoms with Gasteiger partial charge in [-0.15, -0.1) is 11.8 Å². The number of methoxy groups -OCH3 is 1. The molecule has 0 aliphatic rings. The topological polar surface area (TPSA) is 34.2 Å². The molecule has 0 spiro atoms. The Bertz CT molecular complexity index is 580. The average Bonchev–Trinajstić information content (AvgIpc) is 2.51. The van der Waals surface area contributed by atoms with Crippen LogP contribution in [0, 0.1) is 0 Å². The first-order valence-electron chi connectivity index (χ1n) is 6.83. The normalized spacial score (nSPS) is 12.1. The lowest BCUT2D eigenvalue weighted by Crippen LogP contribution is -2.23. The zero-order chi connectivity index (χ0) is 15.1. The number of benzene rings is 1. The Morgan fingerprint density at radius 2 is 2.19 bits per heavy atom. The van der Waals surface area contributed by atoms with Crippen LogP contribution in [-0.2, 0) is 0 Å². The summed E-state index contributed by atoms with van der Waals surface area (Å²) in [6, 6.07) is 10.2. The molecule has 112 valence electrons. The van der Waals surface area contributed by atoms with Crippen molar-refractivity contribution in [1.29, 1.82) is 0 Å². The summed E-state index contributed by atoms with van der Waals surface area (Å²) in [4.78, 5) is 5.40. The number of hydrogen-bond donors (Lipinski definition) is 1. The van der Waals surface area contributed by atoms with Crippen LogP contribution in [0.15, 0.2) is 47.6 Å². The molecule has 2 aromatic rings. The van der Waals surface area contributed by atoms with Gasteiger partial charge in [-0.25, -0.2) is 0 Å². The SMILES string of the molecule is CCNC(CSc1cccc(Cl)c1)c1cncc(OC)c1. The Morgan fingerprint density at radius 3 is 2.90 bits per heavy atom. The molecule has 0 aliphatic carbocycles. The van der Waals surface area contributed by atoms with Gasteiger partial charge in [0.05, 0.1) is 13.3 Å². The average molecular weight is 323 g/mol. The number of pyridine rings is 1. The van der Waals surface area contributed by atoms with Crippen molar-refractivity contribution in [3.8, 4) is 5.75 Å². The maximum absolute atomic E-state index is 6.02. The predicted octanol–water partition coefficient (Wildman–Crippen LogP) is 4.19. The summed E-state index contributed by atoms with van der Waals surface area (Å²) >= 11 is 7.80. The van der Waals surface area contributed by atoms with Crippen LogP contribution in [0.2, 0.25) is 5.02 Å². The van der Waals surface area contributed by atoms with Gasteiger partial charge in [-0.2, -0.15) is 0 Å². The minimum absolute atomic E-state index is 0.224. The van der Waals surface area contributed by atoms with E-state index >= 15 is 0 Å². The molecular weight excluding hydrogens is 304 g/mol. The molecule has 2 rings (SSSR count). The fourth-order valence-electron chi connectivity index (χ4n) is 1.99. The van der Waals surface area contributed by atoms with Gasteiger partial charge in [0.1, 0.15) is 5.75 Å². The molecule has 0 aliphatic heterocycles. The first-order valence-corrected chi connectivity index (χ1v) is 8.20. The smallest absolute Gasteiger partial charge is 0.137 e. The molecule has 0 saturated carbocycles. The number of ether oxygens (including phenoxy) is 1. The lowest BCUT2D eigenvalue weighted by Gasteiger charge is -2.18. The Hall–Kier alpha value is -1.23. The minimum atomic E-state index is 0.224. The van der Waals surface area contributed by atoms with Gasteiger partial charge in [0.15, 0.2) is 0 Å². The Kier molecular flexibility index (Phi) is 6.36. The van der Waals surface area contributed by atoms with E-state index < -0.39 is 0 Å².